The van der Waals surface area contributed by atoms with Gasteiger partial charge in [0.1, 0.15) is 69.3 Å². The van der Waals surface area contributed by atoms with Crippen LogP contribution in [-0.2, 0) is 0 Å². The van der Waals surface area contributed by atoms with Crippen LogP contribution >= 0.6 is 0 Å². The van der Waals surface area contributed by atoms with Crippen molar-refractivity contribution in [2.45, 2.75) is 12.2 Å². The lowest BCUT2D eigenvalue weighted by atomic mass is 9.69. The molecule has 2 aliphatic rings. The van der Waals surface area contributed by atoms with Crippen LogP contribution in [0, 0.1) is 11.8 Å². The largest absolute Gasteiger partial charge is 0.508 e. The maximum absolute atomic E-state index is 14.4. The third kappa shape index (κ3) is 4.37. The maximum Gasteiger partial charge on any atom is 0.178 e. The zero-order valence-corrected chi connectivity index (χ0v) is 22.5. The Balaban J connectivity index is 1.57. The lowest BCUT2D eigenvalue weighted by Gasteiger charge is -2.42. The second kappa shape index (κ2) is 10.2. The number of phenols is 4. The monoisotopic (exact) mass is 570 g/mol. The van der Waals surface area contributed by atoms with E-state index in [9.17, 15) is 30.0 Å². The number of hydrogen-bond donors (Lipinski definition) is 4. The summed E-state index contributed by atoms with van der Waals surface area (Å²) in [6, 6.07) is 18.0. The van der Waals surface area contributed by atoms with E-state index in [0.717, 1.165) is 12.1 Å². The van der Waals surface area contributed by atoms with Crippen LogP contribution in [0.5, 0.6) is 46.0 Å². The van der Waals surface area contributed by atoms with E-state index in [1.54, 1.807) is 48.5 Å². The van der Waals surface area contributed by atoms with Gasteiger partial charge in [0.15, 0.2) is 11.6 Å². The van der Waals surface area contributed by atoms with Gasteiger partial charge in [-0.1, -0.05) is 24.3 Å². The van der Waals surface area contributed by atoms with Crippen molar-refractivity contribution in [3.63, 3.8) is 0 Å². The number of aromatic hydroxyl groups is 4. The Bertz CT molecular complexity index is 1570. The van der Waals surface area contributed by atoms with Gasteiger partial charge in [-0.25, -0.2) is 0 Å². The fourth-order valence-electron chi connectivity index (χ4n) is 5.72. The highest BCUT2D eigenvalue weighted by atomic mass is 16.5. The molecule has 42 heavy (non-hydrogen) atoms. The number of carbonyl (C=O) groups excluding carboxylic acids is 2. The Hall–Kier alpha value is -5.38. The van der Waals surface area contributed by atoms with Gasteiger partial charge in [-0.2, -0.15) is 0 Å². The lowest BCUT2D eigenvalue weighted by molar-refractivity contribution is 0.0129. The molecule has 2 heterocycles. The number of ketones is 2. The highest BCUT2D eigenvalue weighted by Gasteiger charge is 2.53. The molecule has 0 bridgehead atoms. The van der Waals surface area contributed by atoms with Gasteiger partial charge in [-0.15, -0.1) is 0 Å². The van der Waals surface area contributed by atoms with E-state index < -0.39 is 47.1 Å². The Morgan fingerprint density at radius 2 is 0.929 bits per heavy atom. The molecule has 4 aromatic rings. The molecular weight excluding hydrogens is 544 g/mol. The van der Waals surface area contributed by atoms with Crippen molar-refractivity contribution < 1.29 is 49.0 Å². The summed E-state index contributed by atoms with van der Waals surface area (Å²) >= 11 is 0. The smallest absolute Gasteiger partial charge is 0.178 e. The van der Waals surface area contributed by atoms with Gasteiger partial charge >= 0.3 is 0 Å². The molecule has 6 rings (SSSR count). The highest BCUT2D eigenvalue weighted by Crippen LogP contribution is 2.53. The maximum atomic E-state index is 14.4. The summed E-state index contributed by atoms with van der Waals surface area (Å²) < 4.78 is 23.1. The summed E-state index contributed by atoms with van der Waals surface area (Å²) in [5, 5.41) is 41.7. The Morgan fingerprint density at radius 1 is 0.571 bits per heavy atom. The summed E-state index contributed by atoms with van der Waals surface area (Å²) in [6.07, 6.45) is -2.15. The summed E-state index contributed by atoms with van der Waals surface area (Å²) in [5.74, 6) is -4.37. The van der Waals surface area contributed by atoms with Crippen molar-refractivity contribution in [3.05, 3.63) is 95.1 Å². The van der Waals surface area contributed by atoms with E-state index >= 15 is 0 Å². The predicted molar refractivity (Wildman–Crippen MR) is 148 cm³/mol. The van der Waals surface area contributed by atoms with Gasteiger partial charge in [0, 0.05) is 24.3 Å². The summed E-state index contributed by atoms with van der Waals surface area (Å²) in [5.41, 5.74) is 0.656. The molecular formula is C32H26O10. The quantitative estimate of drug-likeness (QED) is 0.255. The fraction of sp³-hybridized carbons (Fsp3) is 0.188. The number of carbonyl (C=O) groups is 2. The molecule has 0 fully saturated rings. The van der Waals surface area contributed by atoms with Crippen LogP contribution in [-0.4, -0.2) is 46.2 Å². The molecule has 0 radical (unpaired) electrons. The molecule has 2 aliphatic heterocycles. The molecule has 0 saturated carbocycles. The lowest BCUT2D eigenvalue weighted by Crippen LogP contribution is -2.45. The molecule has 4 N–H and O–H groups in total. The van der Waals surface area contributed by atoms with Gasteiger partial charge in [-0.3, -0.25) is 9.59 Å². The first kappa shape index (κ1) is 26.8. The predicted octanol–water partition coefficient (Wildman–Crippen LogP) is 5.09. The summed E-state index contributed by atoms with van der Waals surface area (Å²) in [7, 11) is 3.03. The van der Waals surface area contributed by atoms with Gasteiger partial charge in [0.25, 0.3) is 0 Å². The standard InChI is InChI=1S/C32H26O10/c1-39-19-7-3-15(4-8-19)31-27(29(37)25-21(35)11-17(33)13-23(25)41-31)28-30(38)26-22(36)12-18(34)14-24(26)42-32(28)16-5-9-20(40-2)10-6-16/h3-14,27-28,31-36H,1-2H3/t27-,28+,31-,32-/m1/s1. The molecule has 0 amide bonds. The second-order valence-electron chi connectivity index (χ2n) is 10.1. The third-order valence-electron chi connectivity index (χ3n) is 7.67. The van der Waals surface area contributed by atoms with Crippen LogP contribution in [0.4, 0.5) is 0 Å². The average molecular weight is 571 g/mol. The molecule has 10 heteroatoms. The fourth-order valence-corrected chi connectivity index (χ4v) is 5.72. The molecule has 0 saturated heterocycles. The topological polar surface area (TPSA) is 152 Å². The Morgan fingerprint density at radius 3 is 1.26 bits per heavy atom. The van der Waals surface area contributed by atoms with Crippen molar-refractivity contribution in [3.8, 4) is 46.0 Å². The van der Waals surface area contributed by atoms with Gasteiger partial charge in [0.2, 0.25) is 0 Å². The number of Topliss-reactive ketones (excluding diaryl/α,β-unsaturated/α-hetero) is 2. The molecule has 214 valence electrons. The van der Waals surface area contributed by atoms with Crippen molar-refractivity contribution in [1.29, 1.82) is 0 Å². The first-order chi connectivity index (χ1) is 20.2. The van der Waals surface area contributed by atoms with Gasteiger partial charge in [0.05, 0.1) is 26.1 Å². The minimum Gasteiger partial charge on any atom is -0.508 e. The van der Waals surface area contributed by atoms with Crippen LogP contribution in [0.3, 0.4) is 0 Å². The molecule has 10 nitrogen and oxygen atoms in total. The SMILES string of the molecule is COc1ccc([C@H]2Oc3cc(O)cc(O)c3C(=O)[C@@H]2[C@@H]2C(=O)c3c(O)cc(O)cc3O[C@@H]2c2ccc(OC)cc2)cc1. The molecule has 4 atom stereocenters. The highest BCUT2D eigenvalue weighted by molar-refractivity contribution is 6.11. The first-order valence-electron chi connectivity index (χ1n) is 13.0. The molecule has 4 aromatic carbocycles. The van der Waals surface area contributed by atoms with E-state index in [2.05, 4.69) is 0 Å². The minimum absolute atomic E-state index is 0.0482. The molecule has 0 aliphatic carbocycles. The van der Waals surface area contributed by atoms with Crippen molar-refractivity contribution in [1.82, 2.24) is 0 Å². The average Bonchev–Trinajstić information content (AvgIpc) is 2.96. The molecule has 0 aromatic heterocycles. The van der Waals surface area contributed by atoms with Crippen LogP contribution in [0.2, 0.25) is 0 Å². The number of fused-ring (bicyclic) bond motifs is 2. The van der Waals surface area contributed by atoms with Crippen molar-refractivity contribution >= 4 is 11.6 Å². The van der Waals surface area contributed by atoms with Crippen LogP contribution in [0.25, 0.3) is 0 Å². The zero-order chi connectivity index (χ0) is 29.7. The van der Waals surface area contributed by atoms with E-state index in [0.29, 0.717) is 22.6 Å². The second-order valence-corrected chi connectivity index (χ2v) is 10.1. The molecule has 0 spiro atoms. The number of rotatable bonds is 5. The Kier molecular flexibility index (Phi) is 6.53. The number of methoxy groups -OCH3 is 2. The van der Waals surface area contributed by atoms with Crippen molar-refractivity contribution in [2.24, 2.45) is 11.8 Å². The first-order valence-corrected chi connectivity index (χ1v) is 13.0. The minimum atomic E-state index is -1.26. The van der Waals surface area contributed by atoms with E-state index in [1.807, 2.05) is 0 Å². The zero-order valence-electron chi connectivity index (χ0n) is 22.5. The summed E-state index contributed by atoms with van der Waals surface area (Å²) in [4.78, 5) is 28.7. The van der Waals surface area contributed by atoms with E-state index in [1.165, 1.54) is 26.4 Å². The van der Waals surface area contributed by atoms with Crippen LogP contribution in [0.15, 0.2) is 72.8 Å². The molecule has 0 unspecified atom stereocenters. The normalized spacial score (nSPS) is 21.0. The number of hydrogen-bond acceptors (Lipinski definition) is 10. The van der Waals surface area contributed by atoms with Gasteiger partial charge < -0.3 is 39.4 Å². The van der Waals surface area contributed by atoms with E-state index in [-0.39, 0.29) is 34.1 Å². The van der Waals surface area contributed by atoms with Gasteiger partial charge in [-0.05, 0) is 35.4 Å². The van der Waals surface area contributed by atoms with E-state index in [4.69, 9.17) is 18.9 Å². The van der Waals surface area contributed by atoms with Crippen LogP contribution < -0.4 is 18.9 Å². The third-order valence-corrected chi connectivity index (χ3v) is 7.67. The number of benzene rings is 4. The van der Waals surface area contributed by atoms with Crippen molar-refractivity contribution in [2.75, 3.05) is 14.2 Å². The Labute approximate surface area is 239 Å². The summed E-state index contributed by atoms with van der Waals surface area (Å²) in [6.45, 7) is 0. The van der Waals surface area contributed by atoms with Crippen LogP contribution in [0.1, 0.15) is 44.1 Å². The number of phenolic OH excluding ortho intramolecular Hbond substituents is 4. The number of ether oxygens (including phenoxy) is 4.